The molecule has 3 aromatic rings. The Morgan fingerprint density at radius 3 is 2.40 bits per heavy atom. The van der Waals surface area contributed by atoms with Gasteiger partial charge < -0.3 is 35.6 Å². The molecule has 1 atom stereocenters. The van der Waals surface area contributed by atoms with E-state index in [1.165, 1.54) is 11.0 Å². The lowest BCUT2D eigenvalue weighted by atomic mass is 9.95. The van der Waals surface area contributed by atoms with Gasteiger partial charge in [-0.15, -0.1) is 10.2 Å². The minimum atomic E-state index is -0.805. The van der Waals surface area contributed by atoms with Gasteiger partial charge in [-0.25, -0.2) is 19.0 Å². The van der Waals surface area contributed by atoms with E-state index < -0.39 is 11.9 Å². The number of primary amides is 1. The second-order valence-corrected chi connectivity index (χ2v) is 15.5. The molecule has 1 aromatic carbocycles. The molecule has 0 bridgehead atoms. The molecule has 2 aromatic heterocycles. The van der Waals surface area contributed by atoms with Crippen molar-refractivity contribution in [3.05, 3.63) is 48.0 Å². The molecule has 6 amide bonds. The number of halogens is 1. The van der Waals surface area contributed by atoms with Gasteiger partial charge in [0.05, 0.1) is 23.6 Å². The van der Waals surface area contributed by atoms with Crippen LogP contribution in [0.15, 0.2) is 36.5 Å². The van der Waals surface area contributed by atoms with Gasteiger partial charge in [-0.2, -0.15) is 4.98 Å². The number of anilines is 6. The molecule has 0 aliphatic carbocycles. The van der Waals surface area contributed by atoms with Crippen LogP contribution in [-0.2, 0) is 4.79 Å². The number of likely N-dealkylation sites (N-methyl/N-ethyl adjacent to an activating group) is 1. The average Bonchev–Trinajstić information content (AvgIpc) is 3.55. The fourth-order valence-corrected chi connectivity index (χ4v) is 8.50. The maximum absolute atomic E-state index is 15.7. The van der Waals surface area contributed by atoms with Crippen LogP contribution in [0, 0.1) is 11.7 Å². The number of urea groups is 2. The fraction of sp³-hybridized carbons (Fsp3) is 0.526. The second-order valence-electron chi connectivity index (χ2n) is 15.5. The van der Waals surface area contributed by atoms with E-state index in [9.17, 15) is 19.2 Å². The predicted molar refractivity (Wildman–Crippen MR) is 211 cm³/mol. The number of aromatic nitrogens is 4. The van der Waals surface area contributed by atoms with Crippen LogP contribution < -0.4 is 36.0 Å². The number of nitrogens with one attached hydrogen (secondary N) is 2. The Morgan fingerprint density at radius 2 is 1.72 bits per heavy atom. The number of nitrogens with zero attached hydrogens (tertiary/aromatic N) is 11. The van der Waals surface area contributed by atoms with E-state index in [1.54, 1.807) is 30.3 Å². The van der Waals surface area contributed by atoms with Crippen LogP contribution in [0.1, 0.15) is 42.6 Å². The van der Waals surface area contributed by atoms with Crippen molar-refractivity contribution >= 4 is 58.5 Å². The van der Waals surface area contributed by atoms with Crippen molar-refractivity contribution < 1.29 is 23.6 Å². The molecule has 5 fully saturated rings. The highest BCUT2D eigenvalue weighted by molar-refractivity contribution is 6.05. The van der Waals surface area contributed by atoms with Crippen molar-refractivity contribution in [2.45, 2.75) is 38.1 Å². The third kappa shape index (κ3) is 8.33. The Morgan fingerprint density at radius 1 is 0.912 bits per heavy atom. The summed E-state index contributed by atoms with van der Waals surface area (Å²) in [5.41, 5.74) is 7.41. The quantitative estimate of drug-likeness (QED) is 0.271. The Hall–Kier alpha value is -5.85. The van der Waals surface area contributed by atoms with Gasteiger partial charge in [0.25, 0.3) is 5.91 Å². The van der Waals surface area contributed by atoms with E-state index in [2.05, 4.69) is 45.5 Å². The van der Waals surface area contributed by atoms with Crippen molar-refractivity contribution in [2.75, 3.05) is 111 Å². The second kappa shape index (κ2) is 16.3. The molecule has 5 saturated heterocycles. The van der Waals surface area contributed by atoms with E-state index >= 15 is 4.39 Å². The molecular formula is C38H49FN14O4. The first-order valence-corrected chi connectivity index (χ1v) is 19.8. The third-order valence-electron chi connectivity index (χ3n) is 11.8. The number of nitrogens with two attached hydrogens (primary N) is 1. The lowest BCUT2D eigenvalue weighted by molar-refractivity contribution is -0.120. The van der Waals surface area contributed by atoms with Crippen LogP contribution in [-0.4, -0.2) is 150 Å². The van der Waals surface area contributed by atoms with E-state index in [1.807, 2.05) is 21.9 Å². The topological polar surface area (TPSA) is 193 Å². The summed E-state index contributed by atoms with van der Waals surface area (Å²) in [5, 5.41) is 13.7. The molecule has 1 unspecified atom stereocenters. The van der Waals surface area contributed by atoms with Crippen LogP contribution in [0.4, 0.5) is 48.6 Å². The van der Waals surface area contributed by atoms with Crippen LogP contribution >= 0.6 is 0 Å². The summed E-state index contributed by atoms with van der Waals surface area (Å²) < 4.78 is 15.7. The smallest absolute Gasteiger partial charge is 0.329 e. The molecule has 302 valence electrons. The molecule has 19 heteroatoms. The number of piperidine rings is 2. The molecule has 0 spiro atoms. The molecule has 18 nitrogen and oxygen atoms in total. The number of imide groups is 1. The summed E-state index contributed by atoms with van der Waals surface area (Å²) in [6.45, 7) is 8.78. The summed E-state index contributed by atoms with van der Waals surface area (Å²) in [5.74, 6) is 0.0353. The molecule has 8 rings (SSSR count). The van der Waals surface area contributed by atoms with Gasteiger partial charge in [0.1, 0.15) is 11.6 Å². The normalized spacial score (nSPS) is 21.4. The number of amides is 6. The van der Waals surface area contributed by atoms with E-state index in [0.717, 1.165) is 64.1 Å². The van der Waals surface area contributed by atoms with Gasteiger partial charge in [0, 0.05) is 97.7 Å². The van der Waals surface area contributed by atoms with Crippen molar-refractivity contribution in [3.63, 3.8) is 0 Å². The standard InChI is InChI=1S/C38H49FN14O4/c1-47-15-20-52(38(47)57)28-3-2-11-51(24-28)36-44-35(33(34(40)55)45-46-36)42-26-4-6-30(29(39)21-26)50-18-16-48(17-19-50)23-25-8-12-49(13-9-25)27-5-7-31(41-22-27)53-14-10-32(54)43-37(53)56/h4-7,21-22,25,28H,2-3,8-20,23-24H2,1H3,(H2,40,55)(H,42,44,46)(H,43,54,56). The molecule has 5 aliphatic heterocycles. The molecular weight excluding hydrogens is 736 g/mol. The molecule has 5 aliphatic rings. The Kier molecular flexibility index (Phi) is 10.9. The van der Waals surface area contributed by atoms with Gasteiger partial charge in [-0.05, 0) is 61.9 Å². The number of carbonyl (C=O) groups is 4. The Balaban J connectivity index is 0.824. The van der Waals surface area contributed by atoms with E-state index in [0.29, 0.717) is 74.9 Å². The minimum Gasteiger partial charge on any atom is -0.370 e. The summed E-state index contributed by atoms with van der Waals surface area (Å²) >= 11 is 0. The average molecular weight is 785 g/mol. The molecule has 0 radical (unpaired) electrons. The highest BCUT2D eigenvalue weighted by atomic mass is 19.1. The van der Waals surface area contributed by atoms with Crippen molar-refractivity contribution in [1.29, 1.82) is 0 Å². The number of piperazine rings is 1. The van der Waals surface area contributed by atoms with Gasteiger partial charge in [0.15, 0.2) is 11.5 Å². The first-order chi connectivity index (χ1) is 27.6. The highest BCUT2D eigenvalue weighted by Gasteiger charge is 2.35. The predicted octanol–water partition coefficient (Wildman–Crippen LogP) is 2.07. The first-order valence-electron chi connectivity index (χ1n) is 19.8. The zero-order valence-electron chi connectivity index (χ0n) is 32.1. The Bertz CT molecular complexity index is 1990. The van der Waals surface area contributed by atoms with Crippen LogP contribution in [0.3, 0.4) is 0 Å². The van der Waals surface area contributed by atoms with Gasteiger partial charge >= 0.3 is 12.1 Å². The molecule has 57 heavy (non-hydrogen) atoms. The highest BCUT2D eigenvalue weighted by Crippen LogP contribution is 2.30. The van der Waals surface area contributed by atoms with Crippen molar-refractivity contribution in [1.82, 2.24) is 40.2 Å². The van der Waals surface area contributed by atoms with Crippen molar-refractivity contribution in [3.8, 4) is 0 Å². The monoisotopic (exact) mass is 784 g/mol. The van der Waals surface area contributed by atoms with Gasteiger partial charge in [-0.1, -0.05) is 0 Å². The maximum Gasteiger partial charge on any atom is 0.329 e. The number of hydrogen-bond donors (Lipinski definition) is 3. The number of benzene rings is 1. The van der Waals surface area contributed by atoms with Crippen LogP contribution in [0.5, 0.6) is 0 Å². The summed E-state index contributed by atoms with van der Waals surface area (Å²) in [6.07, 6.45) is 5.88. The summed E-state index contributed by atoms with van der Waals surface area (Å²) in [4.78, 5) is 71.6. The number of pyridine rings is 1. The van der Waals surface area contributed by atoms with Crippen LogP contribution in [0.25, 0.3) is 0 Å². The van der Waals surface area contributed by atoms with Gasteiger partial charge in [0.2, 0.25) is 11.9 Å². The van der Waals surface area contributed by atoms with E-state index in [-0.39, 0.29) is 41.7 Å². The zero-order valence-corrected chi connectivity index (χ0v) is 32.1. The SMILES string of the molecule is CN1CCN(C2CCCN(c3nnc(C(N)=O)c(Nc4ccc(N5CCN(CC6CCN(c7ccc(N8CCC(=O)NC8=O)nc7)CC6)CC5)c(F)c4)n3)C2)C1=O. The molecule has 7 heterocycles. The number of rotatable bonds is 10. The number of carbonyl (C=O) groups excluding carboxylic acids is 4. The molecule has 4 N–H and O–H groups in total. The van der Waals surface area contributed by atoms with E-state index in [4.69, 9.17) is 5.73 Å². The summed E-state index contributed by atoms with van der Waals surface area (Å²) in [6, 6.07) is 8.30. The molecule has 0 saturated carbocycles. The number of hydrogen-bond acceptors (Lipinski definition) is 13. The first kappa shape index (κ1) is 38.0. The maximum atomic E-state index is 15.7. The zero-order chi connectivity index (χ0) is 39.6. The van der Waals surface area contributed by atoms with Gasteiger partial charge in [-0.3, -0.25) is 24.7 Å². The largest absolute Gasteiger partial charge is 0.370 e. The lowest BCUT2D eigenvalue weighted by Crippen LogP contribution is -2.50. The van der Waals surface area contributed by atoms with Crippen molar-refractivity contribution in [2.24, 2.45) is 11.7 Å². The minimum absolute atomic E-state index is 0.0113. The Labute approximate surface area is 330 Å². The fourth-order valence-electron chi connectivity index (χ4n) is 8.50. The summed E-state index contributed by atoms with van der Waals surface area (Å²) in [7, 11) is 1.80. The van der Waals surface area contributed by atoms with Crippen LogP contribution in [0.2, 0.25) is 0 Å². The third-order valence-corrected chi connectivity index (χ3v) is 11.8. The lowest BCUT2D eigenvalue weighted by Gasteiger charge is -2.40.